The predicted octanol–water partition coefficient (Wildman–Crippen LogP) is 0.960. The molecular weight excluding hydrogens is 77.8 g/mol. The van der Waals surface area contributed by atoms with E-state index in [9.17, 15) is 0 Å². The van der Waals surface area contributed by atoms with E-state index in [0.29, 0.717) is 5.56 Å². The van der Waals surface area contributed by atoms with Gasteiger partial charge in [-0.3, -0.25) is 0 Å². The van der Waals surface area contributed by atoms with Crippen molar-refractivity contribution in [1.29, 1.82) is 0 Å². The van der Waals surface area contributed by atoms with Crippen LogP contribution in [-0.4, -0.2) is 12.8 Å². The highest BCUT2D eigenvalue weighted by molar-refractivity contribution is 7.21. The Morgan fingerprint density at radius 1 is 1.80 bits per heavy atom. The van der Waals surface area contributed by atoms with Crippen LogP contribution >= 0.6 is 9.24 Å². The second-order valence-corrected chi connectivity index (χ2v) is 2.24. The van der Waals surface area contributed by atoms with Gasteiger partial charge >= 0.3 is 0 Å². The lowest BCUT2D eigenvalue weighted by Crippen LogP contribution is -1.95. The Hall–Kier alpha value is 0.495. The van der Waals surface area contributed by atoms with Gasteiger partial charge in [-0.05, 0) is 0 Å². The van der Waals surface area contributed by atoms with E-state index in [1.54, 1.807) is 0 Å². The Labute approximate surface area is 36.8 Å². The maximum absolute atomic E-state index is 2.68. The first-order valence-electron chi connectivity index (χ1n) is 1.82. The molecule has 0 aromatic carbocycles. The molecule has 29 valence electrons. The molecule has 1 radical (unpaired) electrons. The van der Waals surface area contributed by atoms with Crippen molar-refractivity contribution in [2.24, 2.45) is 0 Å². The fourth-order valence-corrected chi connectivity index (χ4v) is 0. The highest BCUT2D eigenvalue weighted by atomic mass is 31.0. The van der Waals surface area contributed by atoms with E-state index in [1.165, 1.54) is 0 Å². The molecule has 0 aromatic heterocycles. The zero-order valence-electron chi connectivity index (χ0n) is 3.73. The van der Waals surface area contributed by atoms with Crippen LogP contribution in [0.4, 0.5) is 0 Å². The number of rotatable bonds is 1. The molecule has 0 saturated heterocycles. The molecule has 0 aliphatic rings. The maximum Gasteiger partial charge on any atom is 0.114 e. The number of hydrogen-bond acceptors (Lipinski definition) is 0. The normalized spacial score (nSPS) is 14.2. The predicted molar refractivity (Wildman–Crippen MR) is 30.8 cm³/mol. The van der Waals surface area contributed by atoms with Crippen LogP contribution in [0.3, 0.4) is 0 Å². The van der Waals surface area contributed by atoms with Gasteiger partial charge in [0, 0.05) is 0 Å². The van der Waals surface area contributed by atoms with Crippen LogP contribution in [-0.2, 0) is 0 Å². The Kier molecular flexibility index (Phi) is 2.99. The molecule has 0 N–H and O–H groups in total. The lowest BCUT2D eigenvalue weighted by molar-refractivity contribution is 1.38. The molecule has 0 aliphatic heterocycles. The summed E-state index contributed by atoms with van der Waals surface area (Å²) < 4.78 is 0. The zero-order valence-corrected chi connectivity index (χ0v) is 4.89. The summed E-state index contributed by atoms with van der Waals surface area (Å²) >= 11 is 0. The van der Waals surface area contributed by atoms with Crippen molar-refractivity contribution < 1.29 is 0 Å². The van der Waals surface area contributed by atoms with Crippen molar-refractivity contribution >= 4 is 16.5 Å². The molecule has 0 bridgehead atoms. The molecule has 2 heteroatoms. The van der Waals surface area contributed by atoms with Crippen LogP contribution in [0.5, 0.6) is 0 Å². The third kappa shape index (κ3) is 4.49. The third-order valence-electron chi connectivity index (χ3n) is 0.526. The van der Waals surface area contributed by atoms with Gasteiger partial charge in [0.1, 0.15) is 7.28 Å². The Balaban J connectivity index is 2.54. The molecule has 0 heterocycles. The van der Waals surface area contributed by atoms with Gasteiger partial charge in [0.25, 0.3) is 0 Å². The smallest absolute Gasteiger partial charge is 0.114 e. The van der Waals surface area contributed by atoms with Crippen LogP contribution in [0.1, 0.15) is 6.92 Å². The Morgan fingerprint density at radius 2 is 2.00 bits per heavy atom. The standard InChI is InChI=1S/C3H9BP/c1-3(5)4-2/h3H,5H2,1-2H3/t3-/m0/s1. The highest BCUT2D eigenvalue weighted by Crippen LogP contribution is 1.91. The van der Waals surface area contributed by atoms with Crippen LogP contribution < -0.4 is 0 Å². The molecule has 0 spiro atoms. The minimum Gasteiger partial charge on any atom is -0.143 e. The lowest BCUT2D eigenvalue weighted by Gasteiger charge is -1.88. The summed E-state index contributed by atoms with van der Waals surface area (Å²) in [5.74, 6) is 0. The summed E-state index contributed by atoms with van der Waals surface area (Å²) in [4.78, 5) is 0. The molecule has 0 rings (SSSR count). The van der Waals surface area contributed by atoms with E-state index >= 15 is 0 Å². The van der Waals surface area contributed by atoms with Gasteiger partial charge in [0.15, 0.2) is 0 Å². The van der Waals surface area contributed by atoms with Crippen molar-refractivity contribution in [3.8, 4) is 0 Å². The molecule has 0 aromatic rings. The average molecular weight is 86.9 g/mol. The lowest BCUT2D eigenvalue weighted by atomic mass is 9.79. The third-order valence-corrected chi connectivity index (χ3v) is 0.911. The van der Waals surface area contributed by atoms with Gasteiger partial charge in [-0.1, -0.05) is 19.3 Å². The van der Waals surface area contributed by atoms with Crippen molar-refractivity contribution in [2.75, 3.05) is 0 Å². The largest absolute Gasteiger partial charge is 0.143 e. The van der Waals surface area contributed by atoms with Crippen molar-refractivity contribution in [3.05, 3.63) is 0 Å². The molecular formula is C3H9BP. The summed E-state index contributed by atoms with van der Waals surface area (Å²) in [6, 6.07) is 0. The summed E-state index contributed by atoms with van der Waals surface area (Å²) in [6.07, 6.45) is 0. The monoisotopic (exact) mass is 87.1 g/mol. The molecule has 1 unspecified atom stereocenters. The van der Waals surface area contributed by atoms with E-state index < -0.39 is 0 Å². The fraction of sp³-hybridized carbons (Fsp3) is 1.00. The average Bonchev–Trinajstić information content (AvgIpc) is 1.38. The maximum atomic E-state index is 2.68. The second kappa shape index (κ2) is 2.72. The van der Waals surface area contributed by atoms with Crippen LogP contribution in [0.25, 0.3) is 0 Å². The van der Waals surface area contributed by atoms with Gasteiger partial charge in [-0.15, -0.1) is 9.24 Å². The van der Waals surface area contributed by atoms with E-state index in [0.717, 1.165) is 0 Å². The summed E-state index contributed by atoms with van der Waals surface area (Å²) in [5, 5.41) is 0. The van der Waals surface area contributed by atoms with Crippen molar-refractivity contribution in [3.63, 3.8) is 0 Å². The summed E-state index contributed by atoms with van der Waals surface area (Å²) in [7, 11) is 4.81. The first-order chi connectivity index (χ1) is 2.27. The van der Waals surface area contributed by atoms with E-state index in [4.69, 9.17) is 0 Å². The molecule has 2 atom stereocenters. The van der Waals surface area contributed by atoms with Crippen LogP contribution in [0, 0.1) is 0 Å². The zero-order chi connectivity index (χ0) is 4.28. The van der Waals surface area contributed by atoms with E-state index in [1.807, 2.05) is 0 Å². The fourth-order valence-electron chi connectivity index (χ4n) is 0. The van der Waals surface area contributed by atoms with Gasteiger partial charge in [-0.25, -0.2) is 0 Å². The minimum absolute atomic E-state index is 0.676. The van der Waals surface area contributed by atoms with Gasteiger partial charge in [0.2, 0.25) is 0 Å². The molecule has 0 aliphatic carbocycles. The van der Waals surface area contributed by atoms with E-state index in [-0.39, 0.29) is 0 Å². The van der Waals surface area contributed by atoms with Crippen molar-refractivity contribution in [2.45, 2.75) is 19.3 Å². The van der Waals surface area contributed by atoms with E-state index in [2.05, 4.69) is 30.3 Å². The first-order valence-corrected chi connectivity index (χ1v) is 2.49. The quantitative estimate of drug-likeness (QED) is 0.330. The van der Waals surface area contributed by atoms with Crippen molar-refractivity contribution in [1.82, 2.24) is 0 Å². The minimum atomic E-state index is 0.676. The highest BCUT2D eigenvalue weighted by Gasteiger charge is 1.82. The molecule has 0 nitrogen and oxygen atoms in total. The van der Waals surface area contributed by atoms with Gasteiger partial charge in [-0.2, -0.15) is 0 Å². The topological polar surface area (TPSA) is 0 Å². The Morgan fingerprint density at radius 3 is 2.00 bits per heavy atom. The van der Waals surface area contributed by atoms with Crippen LogP contribution in [0.2, 0.25) is 6.82 Å². The molecule has 5 heavy (non-hydrogen) atoms. The summed E-state index contributed by atoms with van der Waals surface area (Å²) in [5.41, 5.74) is 0.676. The van der Waals surface area contributed by atoms with Crippen LogP contribution in [0.15, 0.2) is 0 Å². The molecule has 0 amide bonds. The van der Waals surface area contributed by atoms with Gasteiger partial charge in [0.05, 0.1) is 0 Å². The second-order valence-electron chi connectivity index (χ2n) is 1.19. The van der Waals surface area contributed by atoms with Gasteiger partial charge < -0.3 is 0 Å². The Bertz CT molecular complexity index is 20.9. The summed E-state index contributed by atoms with van der Waals surface area (Å²) in [6.45, 7) is 4.18. The number of hydrogen-bond donors (Lipinski definition) is 0. The SMILES string of the molecule is C[B][C@H](C)P. The molecule has 0 saturated carbocycles. The first kappa shape index (κ1) is 5.49. The molecule has 0 fully saturated rings.